The molecular formula is C35H33F3N2O3. The number of hydrogen-bond acceptors (Lipinski definition) is 4. The fraction of sp³-hybridized carbons (Fsp3) is 0.400. The minimum atomic E-state index is -4.42. The molecule has 1 spiro atoms. The van der Waals surface area contributed by atoms with Gasteiger partial charge in [0.2, 0.25) is 0 Å². The zero-order chi connectivity index (χ0) is 29.9. The molecule has 1 unspecified atom stereocenters. The summed E-state index contributed by atoms with van der Waals surface area (Å²) < 4.78 is 45.5. The van der Waals surface area contributed by atoms with Crippen molar-refractivity contribution in [1.29, 1.82) is 0 Å². The molecule has 2 fully saturated rings. The van der Waals surface area contributed by atoms with E-state index in [1.807, 2.05) is 42.5 Å². The topological polar surface area (TPSA) is 53.0 Å². The van der Waals surface area contributed by atoms with Crippen LogP contribution in [0.3, 0.4) is 0 Å². The molecule has 3 aromatic rings. The highest BCUT2D eigenvalue weighted by atomic mass is 19.4. The van der Waals surface area contributed by atoms with Crippen molar-refractivity contribution in [3.63, 3.8) is 0 Å². The molecule has 6 atom stereocenters. The lowest BCUT2D eigenvalue weighted by atomic mass is 9.51. The number of benzene rings is 3. The molecule has 5 nitrogen and oxygen atoms in total. The molecule has 2 aliphatic carbocycles. The van der Waals surface area contributed by atoms with Crippen LogP contribution in [0.2, 0.25) is 0 Å². The second-order valence-corrected chi connectivity index (χ2v) is 12.3. The summed E-state index contributed by atoms with van der Waals surface area (Å²) in [7, 11) is 1.75. The van der Waals surface area contributed by atoms with Crippen LogP contribution in [0.25, 0.3) is 0 Å². The maximum atomic E-state index is 13.3. The van der Waals surface area contributed by atoms with E-state index in [0.717, 1.165) is 55.7 Å². The van der Waals surface area contributed by atoms with Crippen molar-refractivity contribution in [3.05, 3.63) is 101 Å². The number of aliphatic hydroxyl groups excluding tert-OH is 1. The first kappa shape index (κ1) is 28.0. The quantitative estimate of drug-likeness (QED) is 0.419. The highest BCUT2D eigenvalue weighted by Crippen LogP contribution is 2.62. The van der Waals surface area contributed by atoms with Gasteiger partial charge in [-0.05, 0) is 79.6 Å². The van der Waals surface area contributed by atoms with Gasteiger partial charge in [-0.2, -0.15) is 13.2 Å². The molecule has 7 rings (SSSR count). The third kappa shape index (κ3) is 4.61. The van der Waals surface area contributed by atoms with E-state index in [9.17, 15) is 23.1 Å². The van der Waals surface area contributed by atoms with Gasteiger partial charge in [0.15, 0.2) is 0 Å². The Bertz CT molecular complexity index is 1600. The van der Waals surface area contributed by atoms with E-state index in [0.29, 0.717) is 18.0 Å². The summed E-state index contributed by atoms with van der Waals surface area (Å²) in [5.74, 6) is 6.27. The van der Waals surface area contributed by atoms with Gasteiger partial charge < -0.3 is 14.7 Å². The van der Waals surface area contributed by atoms with Gasteiger partial charge in [-0.3, -0.25) is 9.69 Å². The second kappa shape index (κ2) is 10.4. The van der Waals surface area contributed by atoms with Gasteiger partial charge in [0.05, 0.1) is 17.7 Å². The minimum Gasteiger partial charge on any atom is -0.487 e. The summed E-state index contributed by atoms with van der Waals surface area (Å²) in [6.07, 6.45) is -1.74. The van der Waals surface area contributed by atoms with E-state index in [-0.39, 0.29) is 29.5 Å². The number of ether oxygens (including phenoxy) is 1. The van der Waals surface area contributed by atoms with Crippen LogP contribution in [0.5, 0.6) is 5.75 Å². The van der Waals surface area contributed by atoms with E-state index in [2.05, 4.69) is 22.8 Å². The molecule has 3 aromatic carbocycles. The number of carbonyl (C=O) groups excluding carboxylic acids is 1. The number of amides is 1. The molecule has 4 aliphatic rings. The van der Waals surface area contributed by atoms with Crippen LogP contribution >= 0.6 is 0 Å². The number of hydrogen-bond donors (Lipinski definition) is 1. The van der Waals surface area contributed by atoms with Crippen LogP contribution < -0.4 is 4.74 Å². The average molecular weight is 587 g/mol. The predicted molar refractivity (Wildman–Crippen MR) is 155 cm³/mol. The van der Waals surface area contributed by atoms with Gasteiger partial charge in [-0.15, -0.1) is 0 Å². The van der Waals surface area contributed by atoms with E-state index in [1.54, 1.807) is 11.9 Å². The van der Waals surface area contributed by atoms with Crippen LogP contribution in [0, 0.1) is 17.8 Å². The fourth-order valence-electron chi connectivity index (χ4n) is 8.30. The number of rotatable bonds is 4. The Morgan fingerprint density at radius 2 is 1.86 bits per heavy atom. The van der Waals surface area contributed by atoms with Crippen molar-refractivity contribution in [2.24, 2.45) is 5.92 Å². The molecule has 8 heteroatoms. The first-order valence-electron chi connectivity index (χ1n) is 14.9. The van der Waals surface area contributed by atoms with Gasteiger partial charge in [-0.25, -0.2) is 0 Å². The number of β-amino-alcohol motifs (C(OH)–C–C–N with tert-alkyl or cyclic N) is 1. The van der Waals surface area contributed by atoms with Crippen LogP contribution in [0.4, 0.5) is 13.2 Å². The Morgan fingerprint density at radius 1 is 1.09 bits per heavy atom. The Morgan fingerprint density at radius 3 is 2.60 bits per heavy atom. The molecular weight excluding hydrogens is 553 g/mol. The van der Waals surface area contributed by atoms with Crippen molar-refractivity contribution in [1.82, 2.24) is 9.80 Å². The molecule has 222 valence electrons. The molecule has 1 amide bonds. The monoisotopic (exact) mass is 586 g/mol. The van der Waals surface area contributed by atoms with Crippen LogP contribution in [0.15, 0.2) is 72.8 Å². The minimum absolute atomic E-state index is 0.189. The molecule has 1 saturated carbocycles. The molecule has 0 radical (unpaired) electrons. The molecule has 1 N–H and O–H groups in total. The number of likely N-dealkylation sites (tertiary alicyclic amines) is 1. The largest absolute Gasteiger partial charge is 0.487 e. The number of likely N-dealkylation sites (N-methyl/N-ethyl adjacent to an activating group) is 1. The first-order chi connectivity index (χ1) is 20.7. The SMILES string of the molecule is CN(C(=O)C#Cc1ccc(C(F)(F)F)cc1)[C@H]1CC[C@H]2[C@H]3Cc4cccc5c4[C@@]2(CCN3CC(O)c2ccccc2)[C@H]1O5. The summed E-state index contributed by atoms with van der Waals surface area (Å²) >= 11 is 0. The Hall–Kier alpha value is -3.80. The Labute approximate surface area is 249 Å². The molecule has 0 aromatic heterocycles. The molecule has 2 bridgehead atoms. The molecule has 2 aliphatic heterocycles. The zero-order valence-corrected chi connectivity index (χ0v) is 23.8. The Balaban J connectivity index is 1.14. The van der Waals surface area contributed by atoms with Crippen molar-refractivity contribution in [2.75, 3.05) is 20.1 Å². The maximum Gasteiger partial charge on any atom is 0.416 e. The van der Waals surface area contributed by atoms with E-state index in [1.165, 1.54) is 23.3 Å². The normalized spacial score (nSPS) is 27.7. The van der Waals surface area contributed by atoms with Gasteiger partial charge in [0.1, 0.15) is 11.9 Å². The van der Waals surface area contributed by atoms with Gasteiger partial charge >= 0.3 is 6.18 Å². The number of piperidine rings is 1. The summed E-state index contributed by atoms with van der Waals surface area (Å²) in [6, 6.07) is 20.7. The molecule has 43 heavy (non-hydrogen) atoms. The van der Waals surface area contributed by atoms with Crippen LogP contribution in [-0.4, -0.2) is 59.1 Å². The van der Waals surface area contributed by atoms with E-state index in [4.69, 9.17) is 4.74 Å². The fourth-order valence-corrected chi connectivity index (χ4v) is 8.30. The number of halogens is 3. The van der Waals surface area contributed by atoms with Crippen LogP contribution in [0.1, 0.15) is 53.2 Å². The average Bonchev–Trinajstić information content (AvgIpc) is 3.35. The van der Waals surface area contributed by atoms with E-state index >= 15 is 0 Å². The number of carbonyl (C=O) groups is 1. The first-order valence-corrected chi connectivity index (χ1v) is 14.9. The smallest absolute Gasteiger partial charge is 0.416 e. The number of alkyl halides is 3. The second-order valence-electron chi connectivity index (χ2n) is 12.3. The van der Waals surface area contributed by atoms with Crippen molar-refractivity contribution in [3.8, 4) is 17.6 Å². The van der Waals surface area contributed by atoms with E-state index < -0.39 is 17.8 Å². The molecule has 1 saturated heterocycles. The summed E-state index contributed by atoms with van der Waals surface area (Å²) in [6.45, 7) is 1.40. The summed E-state index contributed by atoms with van der Waals surface area (Å²) in [4.78, 5) is 17.5. The highest BCUT2D eigenvalue weighted by Gasteiger charge is 2.66. The summed E-state index contributed by atoms with van der Waals surface area (Å²) in [5.41, 5.74) is 2.89. The highest BCUT2D eigenvalue weighted by molar-refractivity contribution is 5.94. The number of aliphatic hydroxyl groups is 1. The van der Waals surface area contributed by atoms with Gasteiger partial charge in [-0.1, -0.05) is 48.4 Å². The number of nitrogens with zero attached hydrogens (tertiary/aromatic N) is 2. The third-order valence-corrected chi connectivity index (χ3v) is 10.2. The lowest BCUT2D eigenvalue weighted by Gasteiger charge is -2.60. The van der Waals surface area contributed by atoms with Gasteiger partial charge in [0, 0.05) is 42.1 Å². The standard InChI is InChI=1S/C35H33F3N2O3/c1-39(31(42)17-12-22-10-13-25(14-11-22)35(36,37)38)27-16-15-26-28-20-24-8-5-9-30-32(24)34(26,33(27)43-30)18-19-40(28)21-29(41)23-6-3-2-4-7-23/h2-11,13-14,26-29,33,41H,15-16,18-21H2,1H3/t26-,27-,28+,29?,33-,34-/m0/s1. The van der Waals surface area contributed by atoms with Gasteiger partial charge in [0.25, 0.3) is 5.91 Å². The predicted octanol–water partition coefficient (Wildman–Crippen LogP) is 5.36. The third-order valence-electron chi connectivity index (χ3n) is 10.2. The summed E-state index contributed by atoms with van der Waals surface area (Å²) in [5, 5.41) is 11.1. The van der Waals surface area contributed by atoms with Crippen LogP contribution in [-0.2, 0) is 22.8 Å². The lowest BCUT2D eigenvalue weighted by Crippen LogP contribution is -2.69. The van der Waals surface area contributed by atoms with Crippen molar-refractivity contribution >= 4 is 5.91 Å². The van der Waals surface area contributed by atoms with Crippen molar-refractivity contribution in [2.45, 2.75) is 61.6 Å². The lowest BCUT2D eigenvalue weighted by molar-refractivity contribution is -0.137. The maximum absolute atomic E-state index is 13.3. The zero-order valence-electron chi connectivity index (χ0n) is 23.8. The Kier molecular flexibility index (Phi) is 6.79. The van der Waals surface area contributed by atoms with Crippen molar-refractivity contribution < 1.29 is 27.8 Å². The molecule has 2 heterocycles.